The third-order valence-corrected chi connectivity index (χ3v) is 4.03. The van der Waals surface area contributed by atoms with Gasteiger partial charge >= 0.3 is 0 Å². The van der Waals surface area contributed by atoms with Crippen molar-refractivity contribution in [3.63, 3.8) is 0 Å². The molecule has 1 aliphatic rings. The van der Waals surface area contributed by atoms with E-state index in [-0.39, 0.29) is 29.1 Å². The fraction of sp³-hybridized carbons (Fsp3) is 0.500. The number of halogens is 2. The van der Waals surface area contributed by atoms with Gasteiger partial charge in [0, 0.05) is 18.7 Å². The van der Waals surface area contributed by atoms with Crippen LogP contribution in [0.25, 0.3) is 5.65 Å². The summed E-state index contributed by atoms with van der Waals surface area (Å²) in [5, 5.41) is 19.5. The second-order valence-electron chi connectivity index (χ2n) is 5.47. The molecule has 1 fully saturated rings. The molecule has 3 rings (SSSR count). The van der Waals surface area contributed by atoms with E-state index in [1.165, 1.54) is 18.3 Å². The molecule has 0 radical (unpaired) electrons. The van der Waals surface area contributed by atoms with Crippen LogP contribution in [0.15, 0.2) is 18.3 Å². The Balaban J connectivity index is 1.74. The van der Waals surface area contributed by atoms with Gasteiger partial charge in [-0.05, 0) is 25.0 Å². The van der Waals surface area contributed by atoms with Crippen molar-refractivity contribution in [2.75, 3.05) is 6.54 Å². The number of carbonyl (C=O) groups is 1. The molecule has 0 saturated heterocycles. The first kappa shape index (κ1) is 14.8. The van der Waals surface area contributed by atoms with Gasteiger partial charge in [-0.3, -0.25) is 9.20 Å². The van der Waals surface area contributed by atoms with E-state index < -0.39 is 12.2 Å². The Hall–Kier alpha value is -2.09. The summed E-state index contributed by atoms with van der Waals surface area (Å²) >= 11 is 0. The first-order valence-corrected chi connectivity index (χ1v) is 7.15. The first-order chi connectivity index (χ1) is 10.6. The van der Waals surface area contributed by atoms with Gasteiger partial charge < -0.3 is 10.4 Å². The molecule has 2 aromatic heterocycles. The van der Waals surface area contributed by atoms with Gasteiger partial charge in [0.15, 0.2) is 5.65 Å². The summed E-state index contributed by atoms with van der Waals surface area (Å²) in [7, 11) is 0. The SMILES string of the molecule is O=C(NCC1CCCC1O)c1ccc2nnc(C(F)F)n2c1. The zero-order valence-electron chi connectivity index (χ0n) is 11.7. The molecule has 0 spiro atoms. The molecule has 1 saturated carbocycles. The van der Waals surface area contributed by atoms with Crippen molar-refractivity contribution in [1.29, 1.82) is 0 Å². The Labute approximate surface area is 125 Å². The molecule has 2 heterocycles. The number of nitrogens with zero attached hydrogens (tertiary/aromatic N) is 3. The van der Waals surface area contributed by atoms with E-state index in [2.05, 4.69) is 15.5 Å². The maximum Gasteiger partial charge on any atom is 0.297 e. The minimum Gasteiger partial charge on any atom is -0.393 e. The van der Waals surface area contributed by atoms with Crippen molar-refractivity contribution < 1.29 is 18.7 Å². The number of alkyl halides is 2. The van der Waals surface area contributed by atoms with E-state index >= 15 is 0 Å². The number of pyridine rings is 1. The van der Waals surface area contributed by atoms with Crippen LogP contribution in [-0.2, 0) is 0 Å². The second kappa shape index (κ2) is 5.96. The lowest BCUT2D eigenvalue weighted by Gasteiger charge is -2.15. The van der Waals surface area contributed by atoms with Crippen LogP contribution in [0.5, 0.6) is 0 Å². The zero-order chi connectivity index (χ0) is 15.7. The van der Waals surface area contributed by atoms with Crippen LogP contribution in [-0.4, -0.2) is 38.3 Å². The fourth-order valence-corrected chi connectivity index (χ4v) is 2.77. The first-order valence-electron chi connectivity index (χ1n) is 7.15. The molecule has 1 amide bonds. The number of aliphatic hydroxyl groups excluding tert-OH is 1. The Kier molecular flexibility index (Phi) is 4.02. The van der Waals surface area contributed by atoms with Crippen LogP contribution < -0.4 is 5.32 Å². The van der Waals surface area contributed by atoms with Crippen LogP contribution >= 0.6 is 0 Å². The lowest BCUT2D eigenvalue weighted by atomic mass is 10.1. The van der Waals surface area contributed by atoms with E-state index in [9.17, 15) is 18.7 Å². The number of nitrogens with one attached hydrogen (secondary N) is 1. The molecule has 8 heteroatoms. The van der Waals surface area contributed by atoms with Crippen LogP contribution in [0.2, 0.25) is 0 Å². The lowest BCUT2D eigenvalue weighted by molar-refractivity contribution is 0.0915. The highest BCUT2D eigenvalue weighted by Crippen LogP contribution is 2.24. The molecule has 2 aromatic rings. The molecule has 0 aliphatic heterocycles. The highest BCUT2D eigenvalue weighted by atomic mass is 19.3. The lowest BCUT2D eigenvalue weighted by Crippen LogP contribution is -2.32. The number of aromatic nitrogens is 3. The normalized spacial score (nSPS) is 21.6. The molecule has 2 unspecified atom stereocenters. The molecule has 1 aliphatic carbocycles. The maximum absolute atomic E-state index is 12.8. The second-order valence-corrected chi connectivity index (χ2v) is 5.47. The van der Waals surface area contributed by atoms with Crippen molar-refractivity contribution >= 4 is 11.6 Å². The zero-order valence-corrected chi connectivity index (χ0v) is 11.7. The number of carbonyl (C=O) groups excluding carboxylic acids is 1. The van der Waals surface area contributed by atoms with Crippen molar-refractivity contribution in [1.82, 2.24) is 19.9 Å². The maximum atomic E-state index is 12.8. The standard InChI is InChI=1S/C14H16F2N4O2/c15-12(16)13-19-18-11-5-4-9(7-20(11)13)14(22)17-6-8-2-1-3-10(8)21/h4-5,7-8,10,12,21H,1-3,6H2,(H,17,22). The molecule has 2 N–H and O–H groups in total. The van der Waals surface area contributed by atoms with Crippen molar-refractivity contribution in [2.24, 2.45) is 5.92 Å². The van der Waals surface area contributed by atoms with Gasteiger partial charge in [0.25, 0.3) is 12.3 Å². The summed E-state index contributed by atoms with van der Waals surface area (Å²) < 4.78 is 26.7. The van der Waals surface area contributed by atoms with Crippen LogP contribution in [0.3, 0.4) is 0 Å². The minimum absolute atomic E-state index is 0.0548. The van der Waals surface area contributed by atoms with Gasteiger partial charge in [-0.2, -0.15) is 0 Å². The molecular weight excluding hydrogens is 294 g/mol. The van der Waals surface area contributed by atoms with E-state index in [1.807, 2.05) is 0 Å². The van der Waals surface area contributed by atoms with Gasteiger partial charge in [0.2, 0.25) is 5.82 Å². The summed E-state index contributed by atoms with van der Waals surface area (Å²) in [5.41, 5.74) is 0.514. The summed E-state index contributed by atoms with van der Waals surface area (Å²) in [6.07, 6.45) is 0.739. The number of rotatable bonds is 4. The number of hydrogen-bond acceptors (Lipinski definition) is 4. The van der Waals surface area contributed by atoms with Crippen molar-refractivity contribution in [3.8, 4) is 0 Å². The number of fused-ring (bicyclic) bond motifs is 1. The molecule has 0 aromatic carbocycles. The van der Waals surface area contributed by atoms with Gasteiger partial charge in [-0.15, -0.1) is 10.2 Å². The third kappa shape index (κ3) is 2.78. The molecule has 22 heavy (non-hydrogen) atoms. The topological polar surface area (TPSA) is 79.5 Å². The quantitative estimate of drug-likeness (QED) is 0.898. The van der Waals surface area contributed by atoms with Crippen molar-refractivity contribution in [3.05, 3.63) is 29.7 Å². The van der Waals surface area contributed by atoms with Crippen molar-refractivity contribution in [2.45, 2.75) is 31.8 Å². The summed E-state index contributed by atoms with van der Waals surface area (Å²) in [6.45, 7) is 0.377. The van der Waals surface area contributed by atoms with E-state index in [4.69, 9.17) is 0 Å². The fourth-order valence-electron chi connectivity index (χ4n) is 2.77. The third-order valence-electron chi connectivity index (χ3n) is 4.03. The van der Waals surface area contributed by atoms with Gasteiger partial charge in [-0.1, -0.05) is 6.42 Å². The van der Waals surface area contributed by atoms with Crippen LogP contribution in [0.1, 0.15) is 41.9 Å². The number of hydrogen-bond donors (Lipinski definition) is 2. The van der Waals surface area contributed by atoms with E-state index in [0.717, 1.165) is 23.7 Å². The Morgan fingerprint density at radius 1 is 1.41 bits per heavy atom. The highest BCUT2D eigenvalue weighted by molar-refractivity contribution is 5.94. The number of amides is 1. The monoisotopic (exact) mass is 310 g/mol. The Morgan fingerprint density at radius 3 is 2.91 bits per heavy atom. The molecule has 0 bridgehead atoms. The largest absolute Gasteiger partial charge is 0.393 e. The molecular formula is C14H16F2N4O2. The summed E-state index contributed by atoms with van der Waals surface area (Å²) in [6, 6.07) is 2.98. The highest BCUT2D eigenvalue weighted by Gasteiger charge is 2.25. The van der Waals surface area contributed by atoms with Gasteiger partial charge in [0.05, 0.1) is 11.7 Å². The number of aliphatic hydroxyl groups is 1. The van der Waals surface area contributed by atoms with Crippen LogP contribution in [0, 0.1) is 5.92 Å². The molecule has 2 atom stereocenters. The minimum atomic E-state index is -2.76. The van der Waals surface area contributed by atoms with Crippen LogP contribution in [0.4, 0.5) is 8.78 Å². The summed E-state index contributed by atoms with van der Waals surface area (Å²) in [4.78, 5) is 12.1. The smallest absolute Gasteiger partial charge is 0.297 e. The average Bonchev–Trinajstić information content (AvgIpc) is 3.10. The Morgan fingerprint density at radius 2 is 2.23 bits per heavy atom. The molecule has 6 nitrogen and oxygen atoms in total. The average molecular weight is 310 g/mol. The van der Waals surface area contributed by atoms with Gasteiger partial charge in [0.1, 0.15) is 0 Å². The predicted molar refractivity (Wildman–Crippen MR) is 73.6 cm³/mol. The van der Waals surface area contributed by atoms with Gasteiger partial charge in [-0.25, -0.2) is 8.78 Å². The summed E-state index contributed by atoms with van der Waals surface area (Å²) in [5.74, 6) is -0.801. The van der Waals surface area contributed by atoms with E-state index in [0.29, 0.717) is 6.54 Å². The predicted octanol–water partition coefficient (Wildman–Crippen LogP) is 1.56. The van der Waals surface area contributed by atoms with E-state index in [1.54, 1.807) is 0 Å². The Bertz CT molecular complexity index is 689. The molecule has 118 valence electrons.